The van der Waals surface area contributed by atoms with Crippen LogP contribution in [0.5, 0.6) is 0 Å². The van der Waals surface area contributed by atoms with Gasteiger partial charge in [-0.15, -0.1) is 0 Å². The smallest absolute Gasteiger partial charge is 0.268 e. The second-order valence-corrected chi connectivity index (χ2v) is 7.77. The van der Waals surface area contributed by atoms with Crippen LogP contribution < -0.4 is 11.1 Å². The first-order valence-electron chi connectivity index (χ1n) is 8.88. The number of carbonyl (C=O) groups is 2. The summed E-state index contributed by atoms with van der Waals surface area (Å²) in [6.07, 6.45) is 2.93. The van der Waals surface area contributed by atoms with Gasteiger partial charge in [0.15, 0.2) is 0 Å². The van der Waals surface area contributed by atoms with Gasteiger partial charge in [-0.2, -0.15) is 0 Å². The highest BCUT2D eigenvalue weighted by molar-refractivity contribution is 6.31. The standard InChI is InChI=1S/C19H25ClN4O2/c1-24(2)18(25)8-11-3-5-16(14(21)7-11)23-19(26)17-10-12-9-13(20)4-6-15(12)22-17/h4,6,9-11,14,16,22H,3,5,7-8,21H2,1-2H3,(H,23,26)/t11?,14-,16+/m0/s1. The van der Waals surface area contributed by atoms with Crippen LogP contribution >= 0.6 is 11.6 Å². The average Bonchev–Trinajstić information content (AvgIpc) is 3.00. The Labute approximate surface area is 158 Å². The molecule has 6 nitrogen and oxygen atoms in total. The van der Waals surface area contributed by atoms with E-state index in [1.54, 1.807) is 31.1 Å². The number of nitrogens with zero attached hydrogens (tertiary/aromatic N) is 1. The molecule has 4 N–H and O–H groups in total. The summed E-state index contributed by atoms with van der Waals surface area (Å²) in [7, 11) is 3.53. The van der Waals surface area contributed by atoms with E-state index < -0.39 is 0 Å². The molecule has 140 valence electrons. The van der Waals surface area contributed by atoms with Crippen LogP contribution in [-0.4, -0.2) is 47.9 Å². The van der Waals surface area contributed by atoms with Gasteiger partial charge in [-0.05, 0) is 49.4 Å². The molecule has 1 fully saturated rings. The number of nitrogens with one attached hydrogen (secondary N) is 2. The summed E-state index contributed by atoms with van der Waals surface area (Å²) < 4.78 is 0. The zero-order chi connectivity index (χ0) is 18.8. The first-order chi connectivity index (χ1) is 12.3. The van der Waals surface area contributed by atoms with Crippen molar-refractivity contribution in [3.05, 3.63) is 35.0 Å². The molecule has 1 unspecified atom stereocenters. The maximum absolute atomic E-state index is 12.6. The Kier molecular flexibility index (Phi) is 5.53. The van der Waals surface area contributed by atoms with Gasteiger partial charge in [-0.1, -0.05) is 11.6 Å². The van der Waals surface area contributed by atoms with Gasteiger partial charge in [0.05, 0.1) is 0 Å². The maximum atomic E-state index is 12.6. The van der Waals surface area contributed by atoms with Gasteiger partial charge in [0.1, 0.15) is 5.69 Å². The number of hydrogen-bond acceptors (Lipinski definition) is 3. The van der Waals surface area contributed by atoms with Gasteiger partial charge in [-0.25, -0.2) is 0 Å². The molecule has 2 aromatic rings. The van der Waals surface area contributed by atoms with Crippen LogP contribution in [0.3, 0.4) is 0 Å². The highest BCUT2D eigenvalue weighted by atomic mass is 35.5. The largest absolute Gasteiger partial charge is 0.351 e. The van der Waals surface area contributed by atoms with Crippen molar-refractivity contribution in [1.82, 2.24) is 15.2 Å². The molecule has 1 aliphatic carbocycles. The first kappa shape index (κ1) is 18.7. The van der Waals surface area contributed by atoms with Crippen LogP contribution in [0.25, 0.3) is 10.9 Å². The van der Waals surface area contributed by atoms with E-state index in [2.05, 4.69) is 10.3 Å². The van der Waals surface area contributed by atoms with Gasteiger partial charge in [0.25, 0.3) is 5.91 Å². The Hall–Kier alpha value is -2.05. The zero-order valence-corrected chi connectivity index (χ0v) is 15.8. The summed E-state index contributed by atoms with van der Waals surface area (Å²) >= 11 is 5.99. The second-order valence-electron chi connectivity index (χ2n) is 7.33. The third-order valence-corrected chi connectivity index (χ3v) is 5.35. The highest BCUT2D eigenvalue weighted by Gasteiger charge is 2.30. The zero-order valence-electron chi connectivity index (χ0n) is 15.1. The number of hydrogen-bond donors (Lipinski definition) is 3. The van der Waals surface area contributed by atoms with Crippen molar-refractivity contribution in [2.75, 3.05) is 14.1 Å². The van der Waals surface area contributed by atoms with Gasteiger partial charge >= 0.3 is 0 Å². The Bertz CT molecular complexity index is 817. The van der Waals surface area contributed by atoms with Crippen molar-refractivity contribution in [2.24, 2.45) is 11.7 Å². The average molecular weight is 377 g/mol. The summed E-state index contributed by atoms with van der Waals surface area (Å²) in [4.78, 5) is 29.2. The first-order valence-corrected chi connectivity index (χ1v) is 9.26. The predicted molar refractivity (Wildman–Crippen MR) is 103 cm³/mol. The molecule has 0 bridgehead atoms. The van der Waals surface area contributed by atoms with Gasteiger partial charge in [0, 0.05) is 48.5 Å². The van der Waals surface area contributed by atoms with E-state index >= 15 is 0 Å². The molecule has 0 saturated heterocycles. The van der Waals surface area contributed by atoms with Crippen molar-refractivity contribution >= 4 is 34.3 Å². The molecule has 1 aliphatic rings. The van der Waals surface area contributed by atoms with Crippen LogP contribution in [0, 0.1) is 5.92 Å². The van der Waals surface area contributed by atoms with Crippen LogP contribution in [0.1, 0.15) is 36.2 Å². The van der Waals surface area contributed by atoms with Gasteiger partial charge < -0.3 is 20.9 Å². The fourth-order valence-corrected chi connectivity index (χ4v) is 3.74. The van der Waals surface area contributed by atoms with Gasteiger partial charge in [-0.3, -0.25) is 9.59 Å². The Morgan fingerprint density at radius 1 is 1.31 bits per heavy atom. The summed E-state index contributed by atoms with van der Waals surface area (Å²) in [5, 5.41) is 4.57. The van der Waals surface area contributed by atoms with E-state index in [-0.39, 0.29) is 29.8 Å². The molecule has 2 amide bonds. The minimum absolute atomic E-state index is 0.0804. The van der Waals surface area contributed by atoms with Crippen molar-refractivity contribution in [2.45, 2.75) is 37.8 Å². The number of fused-ring (bicyclic) bond motifs is 1. The number of carbonyl (C=O) groups excluding carboxylic acids is 2. The lowest BCUT2D eigenvalue weighted by Gasteiger charge is -2.34. The molecule has 1 heterocycles. The monoisotopic (exact) mass is 376 g/mol. The number of amides is 2. The van der Waals surface area contributed by atoms with E-state index in [9.17, 15) is 9.59 Å². The third kappa shape index (κ3) is 4.19. The summed E-state index contributed by atoms with van der Waals surface area (Å²) in [6, 6.07) is 7.03. The number of rotatable bonds is 4. The molecule has 3 atom stereocenters. The molecule has 0 aliphatic heterocycles. The molecule has 1 aromatic carbocycles. The van der Waals surface area contributed by atoms with E-state index in [0.29, 0.717) is 17.1 Å². The van der Waals surface area contributed by atoms with Crippen molar-refractivity contribution in [1.29, 1.82) is 0 Å². The number of aromatic amines is 1. The molecule has 3 rings (SSSR count). The number of aromatic nitrogens is 1. The van der Waals surface area contributed by atoms with E-state index in [1.165, 1.54) is 0 Å². The highest BCUT2D eigenvalue weighted by Crippen LogP contribution is 2.27. The number of H-pyrrole nitrogens is 1. The fourth-order valence-electron chi connectivity index (χ4n) is 3.56. The summed E-state index contributed by atoms with van der Waals surface area (Å²) in [5.74, 6) is 0.241. The van der Waals surface area contributed by atoms with Crippen LogP contribution in [0.15, 0.2) is 24.3 Å². The van der Waals surface area contributed by atoms with Crippen LogP contribution in [-0.2, 0) is 4.79 Å². The minimum Gasteiger partial charge on any atom is -0.351 e. The normalized spacial score (nSPS) is 23.0. The SMILES string of the molecule is CN(C)C(=O)CC1CC[C@@H](NC(=O)c2cc3cc(Cl)ccc3[nH]2)[C@@H](N)C1. The lowest BCUT2D eigenvalue weighted by molar-refractivity contribution is -0.130. The molecular formula is C19H25ClN4O2. The van der Waals surface area contributed by atoms with Crippen LogP contribution in [0.4, 0.5) is 0 Å². The number of halogens is 1. The topological polar surface area (TPSA) is 91.2 Å². The molecule has 0 spiro atoms. The number of benzene rings is 1. The summed E-state index contributed by atoms with van der Waals surface area (Å²) in [6.45, 7) is 0. The molecular weight excluding hydrogens is 352 g/mol. The minimum atomic E-state index is -0.166. The maximum Gasteiger partial charge on any atom is 0.268 e. The molecule has 1 saturated carbocycles. The Balaban J connectivity index is 1.60. The molecule has 0 radical (unpaired) electrons. The molecule has 1 aromatic heterocycles. The Morgan fingerprint density at radius 2 is 2.08 bits per heavy atom. The van der Waals surface area contributed by atoms with E-state index in [0.717, 1.165) is 30.2 Å². The van der Waals surface area contributed by atoms with E-state index in [1.807, 2.05) is 12.1 Å². The lowest BCUT2D eigenvalue weighted by atomic mass is 9.81. The summed E-state index contributed by atoms with van der Waals surface area (Å²) in [5.41, 5.74) is 7.64. The van der Waals surface area contributed by atoms with Crippen molar-refractivity contribution < 1.29 is 9.59 Å². The predicted octanol–water partition coefficient (Wildman–Crippen LogP) is 2.53. The number of nitrogens with two attached hydrogens (primary N) is 1. The molecule has 26 heavy (non-hydrogen) atoms. The third-order valence-electron chi connectivity index (χ3n) is 5.11. The van der Waals surface area contributed by atoms with Crippen molar-refractivity contribution in [3.63, 3.8) is 0 Å². The van der Waals surface area contributed by atoms with E-state index in [4.69, 9.17) is 17.3 Å². The quantitative estimate of drug-likeness (QED) is 0.765. The fraction of sp³-hybridized carbons (Fsp3) is 0.474. The lowest BCUT2D eigenvalue weighted by Crippen LogP contribution is -2.51. The molecule has 7 heteroatoms. The van der Waals surface area contributed by atoms with Crippen molar-refractivity contribution in [3.8, 4) is 0 Å². The Morgan fingerprint density at radius 3 is 2.77 bits per heavy atom. The second kappa shape index (κ2) is 7.68. The van der Waals surface area contributed by atoms with Gasteiger partial charge in [0.2, 0.25) is 5.91 Å². The van der Waals surface area contributed by atoms with Crippen LogP contribution in [0.2, 0.25) is 5.02 Å².